The van der Waals surface area contributed by atoms with E-state index >= 15 is 4.79 Å². The van der Waals surface area contributed by atoms with Gasteiger partial charge in [-0.05, 0) is 58.2 Å². The lowest BCUT2D eigenvalue weighted by atomic mass is 9.95. The molecule has 0 saturated carbocycles. The number of hydrogen-bond acceptors (Lipinski definition) is 19. The minimum atomic E-state index is -2.10. The molecule has 1 aromatic carbocycles. The van der Waals surface area contributed by atoms with Gasteiger partial charge in [0.1, 0.15) is 72.1 Å². The molecular weight excluding hydrogens is 973 g/mol. The number of carbonyl (C=O) groups is 11. The molecule has 0 radical (unpaired) electrons. The van der Waals surface area contributed by atoms with Crippen molar-refractivity contribution in [2.45, 2.75) is 147 Å². The number of nitrogens with zero attached hydrogens (tertiary/aromatic N) is 1. The molecule has 0 aromatic heterocycles. The number of nitrogens with one attached hydrogen (secondary N) is 7. The average Bonchev–Trinajstić information content (AvgIpc) is 3.32. The third-order valence-corrected chi connectivity index (χ3v) is 11.1. The molecule has 0 aliphatic carbocycles. The molecule has 73 heavy (non-hydrogen) atoms. The first kappa shape index (κ1) is 62.1. The van der Waals surface area contributed by atoms with E-state index in [1.807, 2.05) is 0 Å². The predicted molar refractivity (Wildman–Crippen MR) is 249 cm³/mol. The van der Waals surface area contributed by atoms with Crippen LogP contribution in [0.15, 0.2) is 18.2 Å². The summed E-state index contributed by atoms with van der Waals surface area (Å²) in [7, 11) is 1.30. The van der Waals surface area contributed by atoms with Crippen molar-refractivity contribution in [1.29, 1.82) is 0 Å². The lowest BCUT2D eigenvalue weighted by molar-refractivity contribution is -0.203. The van der Waals surface area contributed by atoms with Crippen molar-refractivity contribution < 1.29 is 92.5 Å². The molecule has 29 nitrogen and oxygen atoms in total. The number of benzene rings is 1. The van der Waals surface area contributed by atoms with Gasteiger partial charge in [0, 0.05) is 38.8 Å². The average molecular weight is 1040 g/mol. The Hall–Kier alpha value is -7.05. The Morgan fingerprint density at radius 1 is 0.767 bits per heavy atom. The standard InChI is InChI=1S/C44H68N10O19/c1-20(38(46)65)47-40(67)27(9-7-8-14-45)50-42(69)30(18-55)52-39(66)21(2)54(17-25-10-11-26(71-6)15-31(25)72-24(5)59)44(70)29(51-41(68)28(48-22(3)57)12-13-34(61)62)16-33(60)53-43-35(49-23(4)58)37(64)36(63)32(19-56)73-43/h10-11,15,20-21,27-30,32,35-37,43,55-56,63-64H,7-9,12-14,16-19,45H2,1-6H3,(H2,46,65)(H,47,67)(H,48,57)(H,49,58)(H,50,69)(H,51,68)(H,52,66)(H,53,60)(H,61,62)/t20-,21-,27-,28-,29-,30-,32+,35+,36+,37+,43+/m0/s1. The summed E-state index contributed by atoms with van der Waals surface area (Å²) in [4.78, 5) is 145. The van der Waals surface area contributed by atoms with Gasteiger partial charge in [0.15, 0.2) is 6.23 Å². The molecule has 2 rings (SSSR count). The van der Waals surface area contributed by atoms with E-state index in [-0.39, 0.29) is 30.0 Å². The van der Waals surface area contributed by atoms with Gasteiger partial charge in [-0.25, -0.2) is 0 Å². The summed E-state index contributed by atoms with van der Waals surface area (Å²) < 4.78 is 16.2. The maximum Gasteiger partial charge on any atom is 0.308 e. The highest BCUT2D eigenvalue weighted by Gasteiger charge is 2.46. The van der Waals surface area contributed by atoms with Gasteiger partial charge in [0.05, 0.1) is 33.3 Å². The number of primary amides is 1. The first-order valence-corrected chi connectivity index (χ1v) is 22.9. The van der Waals surface area contributed by atoms with E-state index in [1.54, 1.807) is 0 Å². The molecule has 0 unspecified atom stereocenters. The van der Waals surface area contributed by atoms with Crippen molar-refractivity contribution in [2.24, 2.45) is 11.5 Å². The maximum atomic E-state index is 15.1. The van der Waals surface area contributed by atoms with Crippen LogP contribution < -0.4 is 58.2 Å². The third-order valence-electron chi connectivity index (χ3n) is 11.1. The van der Waals surface area contributed by atoms with Gasteiger partial charge in [-0.2, -0.15) is 0 Å². The summed E-state index contributed by atoms with van der Waals surface area (Å²) in [5.41, 5.74) is 10.9. The summed E-state index contributed by atoms with van der Waals surface area (Å²) in [6.07, 6.45) is -8.44. The van der Waals surface area contributed by atoms with Gasteiger partial charge in [0.2, 0.25) is 53.2 Å². The number of rotatable bonds is 29. The lowest BCUT2D eigenvalue weighted by Crippen LogP contribution is -2.68. The number of amides is 9. The number of carboxylic acid groups (broad SMARTS) is 1. The zero-order valence-electron chi connectivity index (χ0n) is 41.2. The van der Waals surface area contributed by atoms with E-state index < -0.39 is 171 Å². The Balaban J connectivity index is 2.78. The van der Waals surface area contributed by atoms with E-state index in [0.29, 0.717) is 12.8 Å². The fourth-order valence-corrected chi connectivity index (χ4v) is 7.17. The molecule has 1 saturated heterocycles. The molecule has 1 fully saturated rings. The minimum Gasteiger partial charge on any atom is -0.497 e. The van der Waals surface area contributed by atoms with Gasteiger partial charge < -0.3 is 93.3 Å². The zero-order chi connectivity index (χ0) is 55.3. The maximum absolute atomic E-state index is 15.1. The van der Waals surface area contributed by atoms with Crippen molar-refractivity contribution in [3.63, 3.8) is 0 Å². The van der Waals surface area contributed by atoms with Crippen LogP contribution in [0.3, 0.4) is 0 Å². The van der Waals surface area contributed by atoms with Gasteiger partial charge in [-0.1, -0.05) is 0 Å². The molecule has 1 aromatic rings. The largest absolute Gasteiger partial charge is 0.497 e. The van der Waals surface area contributed by atoms with Gasteiger partial charge in [-0.15, -0.1) is 0 Å². The van der Waals surface area contributed by atoms with E-state index in [9.17, 15) is 73.5 Å². The van der Waals surface area contributed by atoms with Crippen LogP contribution in [0.25, 0.3) is 0 Å². The quantitative estimate of drug-likeness (QED) is 0.0202. The first-order valence-electron chi connectivity index (χ1n) is 22.9. The molecule has 1 aliphatic heterocycles. The van der Waals surface area contributed by atoms with Crippen molar-refractivity contribution in [3.05, 3.63) is 23.8 Å². The second-order valence-electron chi connectivity index (χ2n) is 16.9. The van der Waals surface area contributed by atoms with Gasteiger partial charge in [-0.3, -0.25) is 52.7 Å². The summed E-state index contributed by atoms with van der Waals surface area (Å²) in [5.74, 6) is -11.5. The monoisotopic (exact) mass is 1040 g/mol. The van der Waals surface area contributed by atoms with E-state index in [0.717, 1.165) is 32.6 Å². The predicted octanol–water partition coefficient (Wildman–Crippen LogP) is -6.28. The zero-order valence-corrected chi connectivity index (χ0v) is 41.2. The number of ether oxygens (including phenoxy) is 3. The number of aliphatic hydroxyl groups excluding tert-OH is 4. The topological polar surface area (TPSA) is 456 Å². The highest BCUT2D eigenvalue weighted by atomic mass is 16.5. The molecule has 1 aliphatic rings. The van der Waals surface area contributed by atoms with Crippen molar-refractivity contribution >= 4 is 65.1 Å². The Bertz CT molecular complexity index is 2150. The molecule has 29 heteroatoms. The highest BCUT2D eigenvalue weighted by Crippen LogP contribution is 2.28. The molecule has 11 atom stereocenters. The Kier molecular flexibility index (Phi) is 25.6. The number of unbranched alkanes of at least 4 members (excludes halogenated alkanes) is 1. The first-order chi connectivity index (χ1) is 34.3. The number of nitrogens with two attached hydrogens (primary N) is 2. The van der Waals surface area contributed by atoms with Crippen LogP contribution in [-0.2, 0) is 64.0 Å². The molecule has 1 heterocycles. The van der Waals surface area contributed by atoms with Crippen LogP contribution in [0.1, 0.15) is 78.7 Å². The SMILES string of the molecule is COc1ccc(CN(C(=O)[C@H](CC(=O)N[C@@H]2O[C@H](CO)[C@@H](O)[C@H](O)[C@H]2NC(C)=O)NC(=O)[C@H](CCC(=O)O)NC(C)=O)[C@@H](C)C(=O)N[C@@H](CO)C(=O)N[C@@H](CCCCN)C(=O)N[C@@H](C)C(N)=O)c(OC(C)=O)c1. The number of carboxylic acids is 1. The number of carbonyl (C=O) groups excluding carboxylic acids is 10. The number of esters is 1. The molecule has 16 N–H and O–H groups in total. The molecule has 0 bridgehead atoms. The third kappa shape index (κ3) is 19.8. The van der Waals surface area contributed by atoms with Crippen LogP contribution in [0.2, 0.25) is 0 Å². The van der Waals surface area contributed by atoms with Crippen molar-refractivity contribution in [2.75, 3.05) is 26.9 Å². The van der Waals surface area contributed by atoms with Crippen LogP contribution >= 0.6 is 0 Å². The van der Waals surface area contributed by atoms with Crippen LogP contribution in [0.4, 0.5) is 0 Å². The second-order valence-corrected chi connectivity index (χ2v) is 16.9. The Morgan fingerprint density at radius 3 is 1.92 bits per heavy atom. The van der Waals surface area contributed by atoms with Crippen molar-refractivity contribution in [3.8, 4) is 11.5 Å². The molecule has 408 valence electrons. The summed E-state index contributed by atoms with van der Waals surface area (Å²) in [6.45, 7) is 3.08. The van der Waals surface area contributed by atoms with E-state index in [1.165, 1.54) is 32.2 Å². The highest BCUT2D eigenvalue weighted by molar-refractivity contribution is 5.98. The number of methoxy groups -OCH3 is 1. The number of aliphatic hydroxyl groups is 4. The Labute approximate surface area is 419 Å². The molecule has 9 amide bonds. The molecule has 0 spiro atoms. The van der Waals surface area contributed by atoms with E-state index in [4.69, 9.17) is 25.7 Å². The summed E-state index contributed by atoms with van der Waals surface area (Å²) >= 11 is 0. The second kappa shape index (κ2) is 30.1. The Morgan fingerprint density at radius 2 is 1.37 bits per heavy atom. The number of aliphatic carboxylic acids is 1. The van der Waals surface area contributed by atoms with E-state index in [2.05, 4.69) is 37.2 Å². The fourth-order valence-electron chi connectivity index (χ4n) is 7.17. The lowest BCUT2D eigenvalue weighted by Gasteiger charge is -2.42. The normalized spacial score (nSPS) is 19.6. The number of hydrogen-bond donors (Lipinski definition) is 14. The fraction of sp³-hybridized carbons (Fsp3) is 0.614. The smallest absolute Gasteiger partial charge is 0.308 e. The van der Waals surface area contributed by atoms with Gasteiger partial charge in [0.25, 0.3) is 0 Å². The summed E-state index contributed by atoms with van der Waals surface area (Å²) in [6, 6.07) is -7.43. The van der Waals surface area contributed by atoms with Crippen LogP contribution in [-0.4, -0.2) is 189 Å². The van der Waals surface area contributed by atoms with Gasteiger partial charge >= 0.3 is 11.9 Å². The van der Waals surface area contributed by atoms with Crippen LogP contribution in [0, 0.1) is 0 Å². The van der Waals surface area contributed by atoms with Crippen LogP contribution in [0.5, 0.6) is 11.5 Å². The minimum absolute atomic E-state index is 0.000397. The summed E-state index contributed by atoms with van der Waals surface area (Å²) in [5, 5.41) is 67.2. The van der Waals surface area contributed by atoms with Crippen molar-refractivity contribution in [1.82, 2.24) is 42.1 Å². The molecular formula is C44H68N10O19.